The lowest BCUT2D eigenvalue weighted by atomic mass is 10.7. The molecular formula is C6H6BrClI2O3. The van der Waals surface area contributed by atoms with Crippen molar-refractivity contribution in [3.05, 3.63) is 6.07 Å². The van der Waals surface area contributed by atoms with E-state index in [1.807, 2.05) is 0 Å². The van der Waals surface area contributed by atoms with Crippen LogP contribution < -0.4 is 0 Å². The highest BCUT2D eigenvalue weighted by Gasteiger charge is 2.05. The predicted octanol–water partition coefficient (Wildman–Crippen LogP) is 3.81. The minimum atomic E-state index is -0.694. The van der Waals surface area contributed by atoms with Gasteiger partial charge in [-0.05, 0) is 61.1 Å². The summed E-state index contributed by atoms with van der Waals surface area (Å²) in [5, 5.41) is 0. The van der Waals surface area contributed by atoms with Crippen LogP contribution in [0.4, 0.5) is 4.79 Å². The maximum absolute atomic E-state index is 10.8. The first-order chi connectivity index (χ1) is 6.07. The van der Waals surface area contributed by atoms with E-state index >= 15 is 0 Å². The van der Waals surface area contributed by atoms with Crippen LogP contribution in [-0.2, 0) is 9.47 Å². The molecule has 0 saturated heterocycles. The standard InChI is InChI=1S/C6H6BrClI2O3/c7-5(10)4(9)3-13-6(11)12-2-1-8/h1-3H2/b5-4-. The molecule has 7 heteroatoms. The van der Waals surface area contributed by atoms with Gasteiger partial charge in [0.05, 0.1) is 8.37 Å². The Balaban J connectivity index is 3.65. The van der Waals surface area contributed by atoms with Gasteiger partial charge in [0.1, 0.15) is 13.2 Å². The van der Waals surface area contributed by atoms with Crippen LogP contribution in [0.2, 0.25) is 0 Å². The van der Waals surface area contributed by atoms with Gasteiger partial charge in [0.25, 0.3) is 0 Å². The van der Waals surface area contributed by atoms with Gasteiger partial charge in [-0.3, -0.25) is 0 Å². The second-order valence-corrected chi connectivity index (χ2v) is 6.78. The molecule has 0 aromatic carbocycles. The van der Waals surface area contributed by atoms with Gasteiger partial charge >= 0.3 is 6.16 Å². The fourth-order valence-electron chi connectivity index (χ4n) is 0.340. The Morgan fingerprint density at radius 2 is 2.00 bits per heavy atom. The number of carbonyl (C=O) groups excluding carboxylic acids is 1. The molecule has 0 aromatic heterocycles. The minimum Gasteiger partial charge on any atom is -0.433 e. The molecule has 0 atom stereocenters. The Kier molecular flexibility index (Phi) is 9.36. The topological polar surface area (TPSA) is 35.5 Å². The summed E-state index contributed by atoms with van der Waals surface area (Å²) in [7, 11) is 0. The highest BCUT2D eigenvalue weighted by molar-refractivity contribution is 14.1. The van der Waals surface area contributed by atoms with Crippen molar-refractivity contribution in [2.45, 2.75) is 0 Å². The summed E-state index contributed by atoms with van der Waals surface area (Å²) in [5.74, 6) is 0.276. The summed E-state index contributed by atoms with van der Waals surface area (Å²) in [6.45, 7) is 0.386. The molecule has 0 aliphatic carbocycles. The largest absolute Gasteiger partial charge is 0.508 e. The normalized spacial score (nSPS) is 12.0. The van der Waals surface area contributed by atoms with Gasteiger partial charge in [-0.25, -0.2) is 4.79 Å². The summed E-state index contributed by atoms with van der Waals surface area (Å²) in [6.07, 6.45) is -0.694. The fraction of sp³-hybridized carbons (Fsp3) is 0.500. The molecule has 0 fully saturated rings. The lowest BCUT2D eigenvalue weighted by Crippen LogP contribution is -2.10. The molecule has 0 spiro atoms. The Morgan fingerprint density at radius 1 is 1.38 bits per heavy atom. The Morgan fingerprint density at radius 3 is 2.46 bits per heavy atom. The first kappa shape index (κ1) is 14.2. The maximum Gasteiger partial charge on any atom is 0.508 e. The van der Waals surface area contributed by atoms with Gasteiger partial charge in [-0.1, -0.05) is 0 Å². The van der Waals surface area contributed by atoms with Crippen molar-refractivity contribution in [2.24, 2.45) is 0 Å². The molecule has 0 heterocycles. The average molecular weight is 495 g/mol. The third-order valence-electron chi connectivity index (χ3n) is 0.819. The van der Waals surface area contributed by atoms with E-state index in [-0.39, 0.29) is 19.1 Å². The molecule has 0 radical (unpaired) electrons. The van der Waals surface area contributed by atoms with Crippen LogP contribution in [-0.4, -0.2) is 25.2 Å². The van der Waals surface area contributed by atoms with Crippen molar-refractivity contribution in [3.63, 3.8) is 0 Å². The van der Waals surface area contributed by atoms with E-state index in [4.69, 9.17) is 16.3 Å². The second-order valence-electron chi connectivity index (χ2n) is 1.74. The smallest absolute Gasteiger partial charge is 0.433 e. The zero-order chi connectivity index (χ0) is 10.3. The second kappa shape index (κ2) is 8.54. The van der Waals surface area contributed by atoms with E-state index in [2.05, 4.69) is 65.8 Å². The molecule has 0 aliphatic rings. The van der Waals surface area contributed by atoms with Crippen molar-refractivity contribution in [1.82, 2.24) is 0 Å². The van der Waals surface area contributed by atoms with Crippen molar-refractivity contribution < 1.29 is 14.3 Å². The van der Waals surface area contributed by atoms with Crippen molar-refractivity contribution in [1.29, 1.82) is 0 Å². The third-order valence-corrected chi connectivity index (χ3v) is 4.73. The van der Waals surface area contributed by atoms with E-state index < -0.39 is 6.16 Å². The van der Waals surface area contributed by atoms with E-state index in [0.29, 0.717) is 0 Å². The van der Waals surface area contributed by atoms with E-state index in [0.717, 1.165) is 6.07 Å². The summed E-state index contributed by atoms with van der Waals surface area (Å²) in [6, 6.07) is 0. The van der Waals surface area contributed by atoms with Crippen LogP contribution in [0.15, 0.2) is 6.07 Å². The number of carbonyl (C=O) groups is 1. The number of hydrogen-bond acceptors (Lipinski definition) is 3. The van der Waals surface area contributed by atoms with E-state index in [1.165, 1.54) is 0 Å². The molecule has 13 heavy (non-hydrogen) atoms. The number of halogens is 4. The Hall–Kier alpha value is 1.24. The summed E-state index contributed by atoms with van der Waals surface area (Å²) >= 11 is 12.7. The molecule has 0 saturated carbocycles. The highest BCUT2D eigenvalue weighted by atomic mass is 127. The van der Waals surface area contributed by atoms with Gasteiger partial charge < -0.3 is 9.47 Å². The van der Waals surface area contributed by atoms with Crippen LogP contribution in [0.3, 0.4) is 0 Å². The quantitative estimate of drug-likeness (QED) is 0.338. The minimum absolute atomic E-state index is 0.173. The highest BCUT2D eigenvalue weighted by Crippen LogP contribution is 2.24. The zero-order valence-electron chi connectivity index (χ0n) is 6.36. The number of hydrogen-bond donors (Lipinski definition) is 0. The molecule has 0 unspecified atom stereocenters. The Labute approximate surface area is 117 Å². The van der Waals surface area contributed by atoms with Gasteiger partial charge in [-0.2, -0.15) is 0 Å². The number of rotatable bonds is 4. The van der Waals surface area contributed by atoms with Crippen LogP contribution in [0.1, 0.15) is 0 Å². The molecule has 76 valence electrons. The van der Waals surface area contributed by atoms with Crippen LogP contribution >= 0.6 is 72.7 Å². The van der Waals surface area contributed by atoms with Gasteiger partial charge in [-0.15, -0.1) is 11.6 Å². The van der Waals surface area contributed by atoms with Crippen LogP contribution in [0.25, 0.3) is 0 Å². The molecule has 3 nitrogen and oxygen atoms in total. The number of alkyl halides is 1. The van der Waals surface area contributed by atoms with Crippen molar-refractivity contribution in [3.8, 4) is 0 Å². The first-order valence-corrected chi connectivity index (χ1v) is 6.61. The molecule has 0 bridgehead atoms. The maximum atomic E-state index is 10.8. The zero-order valence-corrected chi connectivity index (χ0v) is 13.0. The monoisotopic (exact) mass is 494 g/mol. The molecule has 0 aliphatic heterocycles. The molecule has 0 amide bonds. The molecular weight excluding hydrogens is 489 g/mol. The van der Waals surface area contributed by atoms with Crippen LogP contribution in [0, 0.1) is 0 Å². The van der Waals surface area contributed by atoms with Gasteiger partial charge in [0, 0.05) is 3.58 Å². The molecule has 0 aromatic rings. The predicted molar refractivity (Wildman–Crippen MR) is 72.0 cm³/mol. The average Bonchev–Trinajstić information content (AvgIpc) is 2.10. The van der Waals surface area contributed by atoms with Gasteiger partial charge in [0.2, 0.25) is 0 Å². The van der Waals surface area contributed by atoms with Gasteiger partial charge in [0.15, 0.2) is 0 Å². The lowest BCUT2D eigenvalue weighted by Gasteiger charge is -2.04. The van der Waals surface area contributed by atoms with E-state index in [1.54, 1.807) is 0 Å². The summed E-state index contributed by atoms with van der Waals surface area (Å²) in [4.78, 5) is 10.8. The Bertz CT molecular complexity index is 206. The lowest BCUT2D eigenvalue weighted by molar-refractivity contribution is 0.0676. The summed E-state index contributed by atoms with van der Waals surface area (Å²) in [5.41, 5.74) is 0. The van der Waals surface area contributed by atoms with Crippen LogP contribution in [0.5, 0.6) is 0 Å². The first-order valence-electron chi connectivity index (χ1n) is 3.13. The fourth-order valence-corrected chi connectivity index (χ4v) is 0.843. The SMILES string of the molecule is O=C(OCCCl)OC/C(I)=C(\Br)I. The van der Waals surface area contributed by atoms with E-state index in [9.17, 15) is 4.79 Å². The molecule has 0 rings (SSSR count). The summed E-state index contributed by atoms with van der Waals surface area (Å²) < 4.78 is 11.1. The third kappa shape index (κ3) is 8.25. The van der Waals surface area contributed by atoms with Crippen molar-refractivity contribution >= 4 is 78.9 Å². The number of ether oxygens (including phenoxy) is 2. The van der Waals surface area contributed by atoms with Crippen molar-refractivity contribution in [2.75, 3.05) is 19.1 Å². The molecule has 0 N–H and O–H groups in total.